The highest BCUT2D eigenvalue weighted by Crippen LogP contribution is 2.31. The van der Waals surface area contributed by atoms with Gasteiger partial charge < -0.3 is 10.2 Å². The maximum Gasteiger partial charge on any atom is 0.250 e. The minimum absolute atomic E-state index is 0.0413. The molecule has 4 heteroatoms. The number of hydrogen-bond donors (Lipinski definition) is 1. The van der Waals surface area contributed by atoms with E-state index in [2.05, 4.69) is 12.2 Å². The summed E-state index contributed by atoms with van der Waals surface area (Å²) in [5.41, 5.74) is 0.865. The molecule has 0 radical (unpaired) electrons. The molecule has 1 heterocycles. The Hall–Kier alpha value is -1.84. The van der Waals surface area contributed by atoms with E-state index in [0.717, 1.165) is 24.8 Å². The van der Waals surface area contributed by atoms with E-state index < -0.39 is 6.04 Å². The highest BCUT2D eigenvalue weighted by molar-refractivity contribution is 5.95. The van der Waals surface area contributed by atoms with Crippen molar-refractivity contribution in [1.29, 1.82) is 0 Å². The normalized spacial score (nSPS) is 30.1. The number of nitrogens with zero attached hydrogens (tertiary/aromatic N) is 1. The molecule has 0 aromatic heterocycles. The molecule has 2 fully saturated rings. The van der Waals surface area contributed by atoms with Crippen LogP contribution in [0.25, 0.3) is 0 Å². The Morgan fingerprint density at radius 1 is 1.10 bits per heavy atom. The van der Waals surface area contributed by atoms with E-state index in [0.29, 0.717) is 5.92 Å². The monoisotopic (exact) mass is 286 g/mol. The number of carbonyl (C=O) groups excluding carboxylic acids is 2. The SMILES string of the molecule is CC1CCCCC1N1CC(=O)NC(c2ccccc2)C1=O. The fourth-order valence-electron chi connectivity index (χ4n) is 3.58. The number of rotatable bonds is 2. The van der Waals surface area contributed by atoms with Gasteiger partial charge in [-0.3, -0.25) is 9.59 Å². The topological polar surface area (TPSA) is 49.4 Å². The largest absolute Gasteiger partial charge is 0.339 e. The van der Waals surface area contributed by atoms with Crippen LogP contribution in [0.5, 0.6) is 0 Å². The van der Waals surface area contributed by atoms with Gasteiger partial charge in [0.15, 0.2) is 0 Å². The number of amides is 2. The fraction of sp³-hybridized carbons (Fsp3) is 0.529. The van der Waals surface area contributed by atoms with Crippen molar-refractivity contribution in [2.75, 3.05) is 6.54 Å². The first-order valence-electron chi connectivity index (χ1n) is 7.81. The minimum atomic E-state index is -0.526. The van der Waals surface area contributed by atoms with Gasteiger partial charge in [-0.25, -0.2) is 0 Å². The zero-order valence-electron chi connectivity index (χ0n) is 12.4. The van der Waals surface area contributed by atoms with Gasteiger partial charge >= 0.3 is 0 Å². The Balaban J connectivity index is 1.85. The summed E-state index contributed by atoms with van der Waals surface area (Å²) >= 11 is 0. The van der Waals surface area contributed by atoms with Crippen molar-refractivity contribution in [2.24, 2.45) is 5.92 Å². The van der Waals surface area contributed by atoms with Gasteiger partial charge in [-0.1, -0.05) is 50.1 Å². The van der Waals surface area contributed by atoms with Gasteiger partial charge in [-0.15, -0.1) is 0 Å². The van der Waals surface area contributed by atoms with Crippen molar-refractivity contribution in [3.05, 3.63) is 35.9 Å². The quantitative estimate of drug-likeness (QED) is 0.906. The summed E-state index contributed by atoms with van der Waals surface area (Å²) in [7, 11) is 0. The molecular weight excluding hydrogens is 264 g/mol. The molecule has 1 aliphatic heterocycles. The second-order valence-electron chi connectivity index (χ2n) is 6.21. The maximum atomic E-state index is 12.8. The molecular formula is C17H22N2O2. The lowest BCUT2D eigenvalue weighted by atomic mass is 9.84. The molecule has 1 N–H and O–H groups in total. The molecule has 0 spiro atoms. The first-order chi connectivity index (χ1) is 10.2. The van der Waals surface area contributed by atoms with Gasteiger partial charge in [0.2, 0.25) is 5.91 Å². The summed E-state index contributed by atoms with van der Waals surface area (Å²) in [5, 5.41) is 2.84. The Morgan fingerprint density at radius 3 is 2.52 bits per heavy atom. The van der Waals surface area contributed by atoms with Crippen LogP contribution in [-0.2, 0) is 9.59 Å². The first kappa shape index (κ1) is 14.1. The lowest BCUT2D eigenvalue weighted by Gasteiger charge is -2.42. The van der Waals surface area contributed by atoms with Crippen LogP contribution < -0.4 is 5.32 Å². The van der Waals surface area contributed by atoms with Gasteiger partial charge in [-0.2, -0.15) is 0 Å². The molecule has 1 aromatic carbocycles. The van der Waals surface area contributed by atoms with E-state index in [1.165, 1.54) is 6.42 Å². The lowest BCUT2D eigenvalue weighted by Crippen LogP contribution is -2.58. The summed E-state index contributed by atoms with van der Waals surface area (Å²) in [5.74, 6) is 0.464. The molecule has 3 atom stereocenters. The van der Waals surface area contributed by atoms with Crippen molar-refractivity contribution >= 4 is 11.8 Å². The smallest absolute Gasteiger partial charge is 0.250 e. The van der Waals surface area contributed by atoms with Crippen LogP contribution in [0.4, 0.5) is 0 Å². The molecule has 1 saturated heterocycles. The van der Waals surface area contributed by atoms with Gasteiger partial charge in [0.1, 0.15) is 6.04 Å². The Kier molecular flexibility index (Phi) is 3.95. The van der Waals surface area contributed by atoms with E-state index >= 15 is 0 Å². The van der Waals surface area contributed by atoms with Crippen molar-refractivity contribution in [3.8, 4) is 0 Å². The molecule has 1 aliphatic carbocycles. The van der Waals surface area contributed by atoms with Gasteiger partial charge in [0, 0.05) is 6.04 Å². The average molecular weight is 286 g/mol. The highest BCUT2D eigenvalue weighted by atomic mass is 16.2. The summed E-state index contributed by atoms with van der Waals surface area (Å²) in [6.45, 7) is 2.40. The van der Waals surface area contributed by atoms with Crippen LogP contribution in [-0.4, -0.2) is 29.3 Å². The Morgan fingerprint density at radius 2 is 1.81 bits per heavy atom. The molecule has 1 saturated carbocycles. The van der Waals surface area contributed by atoms with Crippen LogP contribution in [0.15, 0.2) is 30.3 Å². The van der Waals surface area contributed by atoms with Crippen LogP contribution >= 0.6 is 0 Å². The fourth-order valence-corrected chi connectivity index (χ4v) is 3.58. The van der Waals surface area contributed by atoms with Crippen molar-refractivity contribution < 1.29 is 9.59 Å². The molecule has 2 amide bonds. The number of nitrogens with one attached hydrogen (secondary N) is 1. The third kappa shape index (κ3) is 2.80. The van der Waals surface area contributed by atoms with Crippen molar-refractivity contribution in [2.45, 2.75) is 44.7 Å². The van der Waals surface area contributed by atoms with Gasteiger partial charge in [0.25, 0.3) is 5.91 Å². The van der Waals surface area contributed by atoms with Crippen LogP contribution in [0.1, 0.15) is 44.2 Å². The first-order valence-corrected chi connectivity index (χ1v) is 7.81. The minimum Gasteiger partial charge on any atom is -0.339 e. The van der Waals surface area contributed by atoms with E-state index in [1.807, 2.05) is 35.2 Å². The third-order valence-corrected chi connectivity index (χ3v) is 4.75. The molecule has 112 valence electrons. The van der Waals surface area contributed by atoms with Crippen LogP contribution in [0.2, 0.25) is 0 Å². The molecule has 0 bridgehead atoms. The average Bonchev–Trinajstić information content (AvgIpc) is 2.51. The molecule has 2 aliphatic rings. The standard InChI is InChI=1S/C17H22N2O2/c1-12-7-5-6-10-14(12)19-11-15(20)18-16(17(19)21)13-8-3-2-4-9-13/h2-4,8-9,12,14,16H,5-7,10-11H2,1H3,(H,18,20). The number of carbonyl (C=O) groups is 2. The molecule has 4 nitrogen and oxygen atoms in total. The van der Waals surface area contributed by atoms with E-state index in [1.54, 1.807) is 0 Å². The highest BCUT2D eigenvalue weighted by Gasteiger charge is 2.39. The van der Waals surface area contributed by atoms with Crippen LogP contribution in [0, 0.1) is 5.92 Å². The zero-order chi connectivity index (χ0) is 14.8. The summed E-state index contributed by atoms with van der Waals surface area (Å²) in [4.78, 5) is 26.7. The summed E-state index contributed by atoms with van der Waals surface area (Å²) in [6, 6.07) is 9.20. The third-order valence-electron chi connectivity index (χ3n) is 4.75. The molecule has 21 heavy (non-hydrogen) atoms. The summed E-state index contributed by atoms with van der Waals surface area (Å²) < 4.78 is 0. The Bertz CT molecular complexity index is 529. The van der Waals surface area contributed by atoms with Gasteiger partial charge in [0.05, 0.1) is 6.54 Å². The lowest BCUT2D eigenvalue weighted by molar-refractivity contribution is -0.148. The predicted octanol–water partition coefficient (Wildman–Crippen LogP) is 2.26. The van der Waals surface area contributed by atoms with E-state index in [9.17, 15) is 9.59 Å². The summed E-state index contributed by atoms with van der Waals surface area (Å²) in [6.07, 6.45) is 4.54. The second-order valence-corrected chi connectivity index (χ2v) is 6.21. The maximum absolute atomic E-state index is 12.8. The van der Waals surface area contributed by atoms with E-state index in [4.69, 9.17) is 0 Å². The number of hydrogen-bond acceptors (Lipinski definition) is 2. The van der Waals surface area contributed by atoms with Crippen LogP contribution in [0.3, 0.4) is 0 Å². The van der Waals surface area contributed by atoms with Crippen molar-refractivity contribution in [1.82, 2.24) is 10.2 Å². The zero-order valence-corrected chi connectivity index (χ0v) is 12.4. The molecule has 3 unspecified atom stereocenters. The number of benzene rings is 1. The van der Waals surface area contributed by atoms with E-state index in [-0.39, 0.29) is 24.4 Å². The predicted molar refractivity (Wildman–Crippen MR) is 80.5 cm³/mol. The number of piperazine rings is 1. The molecule has 3 rings (SSSR count). The van der Waals surface area contributed by atoms with Crippen molar-refractivity contribution in [3.63, 3.8) is 0 Å². The molecule has 1 aromatic rings. The van der Waals surface area contributed by atoms with Gasteiger partial charge in [-0.05, 0) is 24.3 Å². The Labute approximate surface area is 125 Å². The second kappa shape index (κ2) is 5.88.